The van der Waals surface area contributed by atoms with Crippen molar-refractivity contribution in [1.82, 2.24) is 20.3 Å². The van der Waals surface area contributed by atoms with Gasteiger partial charge < -0.3 is 10.6 Å². The molecule has 1 fully saturated rings. The molecule has 17 heavy (non-hydrogen) atoms. The number of hydrogen-bond donors (Lipinski definition) is 2. The number of rotatable bonds is 3. The van der Waals surface area contributed by atoms with Gasteiger partial charge in [-0.25, -0.2) is 9.97 Å². The van der Waals surface area contributed by atoms with Gasteiger partial charge in [-0.2, -0.15) is 0 Å². The van der Waals surface area contributed by atoms with Crippen LogP contribution in [0.25, 0.3) is 0 Å². The maximum absolute atomic E-state index is 4.56. The zero-order valence-electron chi connectivity index (χ0n) is 9.26. The van der Waals surface area contributed by atoms with Crippen LogP contribution in [0.3, 0.4) is 0 Å². The lowest BCUT2D eigenvalue weighted by Gasteiger charge is -2.05. The van der Waals surface area contributed by atoms with Gasteiger partial charge in [-0.3, -0.25) is 4.98 Å². The van der Waals surface area contributed by atoms with E-state index < -0.39 is 0 Å². The molecular weight excluding hydrogens is 234 g/mol. The van der Waals surface area contributed by atoms with Gasteiger partial charge in [0.2, 0.25) is 0 Å². The molecule has 2 N–H and O–H groups in total. The Labute approximate surface area is 103 Å². The number of thiazole rings is 1. The summed E-state index contributed by atoms with van der Waals surface area (Å²) in [4.78, 5) is 12.7. The zero-order chi connectivity index (χ0) is 11.5. The lowest BCUT2D eigenvalue weighted by molar-refractivity contribution is 0.632. The first kappa shape index (κ1) is 10.6. The van der Waals surface area contributed by atoms with Gasteiger partial charge in [0.1, 0.15) is 0 Å². The second-order valence-corrected chi connectivity index (χ2v) is 4.80. The molecule has 1 unspecified atom stereocenters. The normalized spacial score (nSPS) is 19.4. The number of aromatic nitrogens is 3. The average molecular weight is 247 g/mol. The largest absolute Gasteiger partial charge is 0.315 e. The van der Waals surface area contributed by atoms with E-state index in [0.29, 0.717) is 6.04 Å². The van der Waals surface area contributed by atoms with E-state index >= 15 is 0 Å². The number of anilines is 2. The van der Waals surface area contributed by atoms with Gasteiger partial charge in [0.05, 0.1) is 17.9 Å². The summed E-state index contributed by atoms with van der Waals surface area (Å²) < 4.78 is 0. The molecule has 5 nitrogen and oxygen atoms in total. The van der Waals surface area contributed by atoms with Crippen LogP contribution in [0.2, 0.25) is 0 Å². The summed E-state index contributed by atoms with van der Waals surface area (Å²) in [5, 5.41) is 9.56. The van der Waals surface area contributed by atoms with Crippen LogP contribution >= 0.6 is 11.3 Å². The Morgan fingerprint density at radius 2 is 2.41 bits per heavy atom. The van der Waals surface area contributed by atoms with Crippen LogP contribution in [0.5, 0.6) is 0 Å². The smallest absolute Gasteiger partial charge is 0.188 e. The summed E-state index contributed by atoms with van der Waals surface area (Å²) in [6.45, 7) is 1.09. The summed E-state index contributed by atoms with van der Waals surface area (Å²) >= 11 is 1.60. The van der Waals surface area contributed by atoms with Crippen LogP contribution < -0.4 is 10.6 Å². The minimum absolute atomic E-state index is 0.420. The zero-order valence-corrected chi connectivity index (χ0v) is 10.1. The third-order valence-corrected chi connectivity index (χ3v) is 3.51. The molecule has 1 atom stereocenters. The Balaban J connectivity index is 1.72. The number of nitrogens with zero attached hydrogens (tertiary/aromatic N) is 3. The highest BCUT2D eigenvalue weighted by atomic mass is 32.1. The summed E-state index contributed by atoms with van der Waals surface area (Å²) in [5.41, 5.74) is 1.12. The van der Waals surface area contributed by atoms with E-state index in [1.54, 1.807) is 29.9 Å². The Kier molecular flexibility index (Phi) is 2.98. The van der Waals surface area contributed by atoms with Gasteiger partial charge in [-0.15, -0.1) is 11.3 Å². The van der Waals surface area contributed by atoms with Gasteiger partial charge in [-0.1, -0.05) is 0 Å². The van der Waals surface area contributed by atoms with E-state index in [4.69, 9.17) is 0 Å². The fraction of sp³-hybridized carbons (Fsp3) is 0.364. The SMILES string of the molecule is c1cnc(Nc2nc(C3CCCN3)cs2)cn1. The quantitative estimate of drug-likeness (QED) is 0.869. The van der Waals surface area contributed by atoms with Gasteiger partial charge in [-0.05, 0) is 19.4 Å². The Morgan fingerprint density at radius 1 is 1.41 bits per heavy atom. The Morgan fingerprint density at radius 3 is 3.18 bits per heavy atom. The first-order valence-corrected chi connectivity index (χ1v) is 6.51. The third kappa shape index (κ3) is 2.42. The van der Waals surface area contributed by atoms with Crippen molar-refractivity contribution in [2.24, 2.45) is 0 Å². The fourth-order valence-electron chi connectivity index (χ4n) is 1.91. The molecule has 3 rings (SSSR count). The molecule has 0 bridgehead atoms. The minimum Gasteiger partial charge on any atom is -0.315 e. The highest BCUT2D eigenvalue weighted by Crippen LogP contribution is 2.27. The van der Waals surface area contributed by atoms with E-state index in [0.717, 1.165) is 23.2 Å². The van der Waals surface area contributed by atoms with Crippen molar-refractivity contribution >= 4 is 22.3 Å². The lowest BCUT2D eigenvalue weighted by atomic mass is 10.2. The van der Waals surface area contributed by atoms with Gasteiger partial charge in [0.15, 0.2) is 10.9 Å². The van der Waals surface area contributed by atoms with Crippen LogP contribution in [-0.4, -0.2) is 21.5 Å². The fourth-order valence-corrected chi connectivity index (χ4v) is 2.68. The molecule has 0 spiro atoms. The average Bonchev–Trinajstić information content (AvgIpc) is 3.00. The van der Waals surface area contributed by atoms with E-state index in [9.17, 15) is 0 Å². The number of hydrogen-bond acceptors (Lipinski definition) is 6. The monoisotopic (exact) mass is 247 g/mol. The summed E-state index contributed by atoms with van der Waals surface area (Å²) in [7, 11) is 0. The summed E-state index contributed by atoms with van der Waals surface area (Å²) in [5.74, 6) is 0.729. The predicted octanol–water partition coefficient (Wildman–Crippen LogP) is 2.10. The highest BCUT2D eigenvalue weighted by molar-refractivity contribution is 7.13. The minimum atomic E-state index is 0.420. The second-order valence-electron chi connectivity index (χ2n) is 3.94. The molecule has 0 amide bonds. The van der Waals surface area contributed by atoms with Crippen LogP contribution in [0, 0.1) is 0 Å². The van der Waals surface area contributed by atoms with Crippen molar-refractivity contribution in [3.8, 4) is 0 Å². The molecule has 1 saturated heterocycles. The van der Waals surface area contributed by atoms with Crippen LogP contribution in [0.1, 0.15) is 24.6 Å². The molecule has 1 aliphatic heterocycles. The maximum atomic E-state index is 4.56. The molecule has 6 heteroatoms. The molecule has 2 aromatic rings. The van der Waals surface area contributed by atoms with Gasteiger partial charge in [0, 0.05) is 17.8 Å². The van der Waals surface area contributed by atoms with Gasteiger partial charge >= 0.3 is 0 Å². The van der Waals surface area contributed by atoms with Crippen molar-refractivity contribution in [2.75, 3.05) is 11.9 Å². The first-order valence-electron chi connectivity index (χ1n) is 5.64. The van der Waals surface area contributed by atoms with Gasteiger partial charge in [0.25, 0.3) is 0 Å². The molecule has 0 radical (unpaired) electrons. The first-order chi connectivity index (χ1) is 8.42. The molecule has 1 aliphatic rings. The molecule has 2 aromatic heterocycles. The van der Waals surface area contributed by atoms with Crippen LogP contribution in [-0.2, 0) is 0 Å². The molecule has 88 valence electrons. The van der Waals surface area contributed by atoms with E-state index in [-0.39, 0.29) is 0 Å². The van der Waals surface area contributed by atoms with Crippen LogP contribution in [0.4, 0.5) is 10.9 Å². The predicted molar refractivity (Wildman–Crippen MR) is 67.4 cm³/mol. The highest BCUT2D eigenvalue weighted by Gasteiger charge is 2.18. The van der Waals surface area contributed by atoms with Crippen molar-refractivity contribution in [2.45, 2.75) is 18.9 Å². The molecule has 3 heterocycles. The number of nitrogens with one attached hydrogen (secondary N) is 2. The molecular formula is C11H13N5S. The molecule has 0 saturated carbocycles. The van der Waals surface area contributed by atoms with Crippen molar-refractivity contribution < 1.29 is 0 Å². The van der Waals surface area contributed by atoms with E-state index in [1.165, 1.54) is 12.8 Å². The lowest BCUT2D eigenvalue weighted by Crippen LogP contribution is -2.13. The van der Waals surface area contributed by atoms with Crippen molar-refractivity contribution in [3.05, 3.63) is 29.7 Å². The maximum Gasteiger partial charge on any atom is 0.188 e. The standard InChI is InChI=1S/C11H13N5S/c1-2-8(13-3-1)9-7-17-11(15-9)16-10-6-12-4-5-14-10/h4-8,13H,1-3H2,(H,14,15,16). The Hall–Kier alpha value is -1.53. The second kappa shape index (κ2) is 4.77. The molecule has 0 aliphatic carbocycles. The third-order valence-electron chi connectivity index (χ3n) is 2.74. The van der Waals surface area contributed by atoms with Crippen molar-refractivity contribution in [3.63, 3.8) is 0 Å². The topological polar surface area (TPSA) is 62.7 Å². The van der Waals surface area contributed by atoms with E-state index in [1.807, 2.05) is 0 Å². The summed E-state index contributed by atoms with van der Waals surface area (Å²) in [6, 6.07) is 0.420. The van der Waals surface area contributed by atoms with Crippen molar-refractivity contribution in [1.29, 1.82) is 0 Å². The Bertz CT molecular complexity index is 478. The molecule has 0 aromatic carbocycles. The summed E-state index contributed by atoms with van der Waals surface area (Å²) in [6.07, 6.45) is 7.41. The van der Waals surface area contributed by atoms with Crippen LogP contribution in [0.15, 0.2) is 24.0 Å². The van der Waals surface area contributed by atoms with E-state index in [2.05, 4.69) is 31.0 Å².